The van der Waals surface area contributed by atoms with Gasteiger partial charge in [0.25, 0.3) is 0 Å². The van der Waals surface area contributed by atoms with Crippen LogP contribution in [0.3, 0.4) is 0 Å². The molecular weight excluding hydrogens is 481 g/mol. The second kappa shape index (κ2) is 15.8. The van der Waals surface area contributed by atoms with Crippen LogP contribution in [0.4, 0.5) is 0 Å². The van der Waals surface area contributed by atoms with Crippen LogP contribution in [0.2, 0.25) is 0 Å². The van der Waals surface area contributed by atoms with Crippen molar-refractivity contribution < 1.29 is 9.47 Å². The van der Waals surface area contributed by atoms with E-state index in [4.69, 9.17) is 14.5 Å². The van der Waals surface area contributed by atoms with Gasteiger partial charge < -0.3 is 25.0 Å². The van der Waals surface area contributed by atoms with Gasteiger partial charge in [-0.1, -0.05) is 24.3 Å². The molecule has 0 aromatic heterocycles. The van der Waals surface area contributed by atoms with Gasteiger partial charge in [-0.05, 0) is 25.1 Å². The SMILES string of the molecule is CCNC(=NCc1ccccc1CN1CCOCC1)NCCN(C)CCOC.I. The fourth-order valence-corrected chi connectivity index (χ4v) is 3.10. The van der Waals surface area contributed by atoms with Crippen LogP contribution in [0.5, 0.6) is 0 Å². The van der Waals surface area contributed by atoms with Crippen LogP contribution in [0.1, 0.15) is 18.1 Å². The van der Waals surface area contributed by atoms with Gasteiger partial charge in [-0.3, -0.25) is 4.90 Å². The zero-order valence-corrected chi connectivity index (χ0v) is 20.5. The van der Waals surface area contributed by atoms with E-state index in [1.807, 2.05) is 0 Å². The molecule has 166 valence electrons. The number of methoxy groups -OCH3 is 1. The Labute approximate surface area is 193 Å². The first-order valence-electron chi connectivity index (χ1n) is 10.3. The van der Waals surface area contributed by atoms with Crippen molar-refractivity contribution in [3.63, 3.8) is 0 Å². The number of morpholine rings is 1. The highest BCUT2D eigenvalue weighted by Gasteiger charge is 2.12. The highest BCUT2D eigenvalue weighted by atomic mass is 127. The molecule has 0 spiro atoms. The van der Waals surface area contributed by atoms with Gasteiger partial charge in [0.15, 0.2) is 5.96 Å². The summed E-state index contributed by atoms with van der Waals surface area (Å²) in [7, 11) is 3.84. The minimum Gasteiger partial charge on any atom is -0.383 e. The molecule has 0 atom stereocenters. The average Bonchev–Trinajstić information content (AvgIpc) is 2.72. The molecule has 1 fully saturated rings. The standard InChI is InChI=1S/C21H37N5O2.HI/c1-4-22-21(23-9-10-25(2)11-14-27-3)24-17-19-7-5-6-8-20(19)18-26-12-15-28-16-13-26;/h5-8H,4,9-18H2,1-3H3,(H2,22,23,24);1H. The second-order valence-electron chi connectivity index (χ2n) is 7.08. The molecule has 1 heterocycles. The zero-order valence-electron chi connectivity index (χ0n) is 18.2. The Morgan fingerprint density at radius 3 is 2.59 bits per heavy atom. The third-order valence-electron chi connectivity index (χ3n) is 4.83. The van der Waals surface area contributed by atoms with Gasteiger partial charge in [0, 0.05) is 52.9 Å². The normalized spacial score (nSPS) is 15.2. The maximum atomic E-state index is 5.46. The molecule has 7 nitrogen and oxygen atoms in total. The zero-order chi connectivity index (χ0) is 20.0. The van der Waals surface area contributed by atoms with Crippen molar-refractivity contribution in [3.05, 3.63) is 35.4 Å². The minimum atomic E-state index is 0. The van der Waals surface area contributed by atoms with Crippen LogP contribution < -0.4 is 10.6 Å². The summed E-state index contributed by atoms with van der Waals surface area (Å²) in [6, 6.07) is 8.61. The highest BCUT2D eigenvalue weighted by Crippen LogP contribution is 2.14. The molecule has 8 heteroatoms. The first-order chi connectivity index (χ1) is 13.7. The number of nitrogens with zero attached hydrogens (tertiary/aromatic N) is 3. The molecule has 1 aromatic carbocycles. The smallest absolute Gasteiger partial charge is 0.191 e. The molecule has 0 radical (unpaired) electrons. The Hall–Kier alpha value is -0.940. The maximum Gasteiger partial charge on any atom is 0.191 e. The monoisotopic (exact) mass is 519 g/mol. The number of ether oxygens (including phenoxy) is 2. The minimum absolute atomic E-state index is 0. The van der Waals surface area contributed by atoms with Gasteiger partial charge in [0.1, 0.15) is 0 Å². The summed E-state index contributed by atoms with van der Waals surface area (Å²) in [6.45, 7) is 11.7. The molecule has 1 saturated heterocycles. The predicted molar refractivity (Wildman–Crippen MR) is 130 cm³/mol. The van der Waals surface area contributed by atoms with Crippen molar-refractivity contribution in [2.45, 2.75) is 20.0 Å². The Balaban J connectivity index is 0.00000420. The number of nitrogens with one attached hydrogen (secondary N) is 2. The van der Waals surface area contributed by atoms with Crippen LogP contribution in [0.25, 0.3) is 0 Å². The van der Waals surface area contributed by atoms with E-state index < -0.39 is 0 Å². The molecular formula is C21H38IN5O2. The van der Waals surface area contributed by atoms with Crippen molar-refractivity contribution in [1.82, 2.24) is 20.4 Å². The lowest BCUT2D eigenvalue weighted by molar-refractivity contribution is 0.0341. The average molecular weight is 519 g/mol. The second-order valence-corrected chi connectivity index (χ2v) is 7.08. The van der Waals surface area contributed by atoms with Gasteiger partial charge in [-0.15, -0.1) is 24.0 Å². The molecule has 29 heavy (non-hydrogen) atoms. The maximum absolute atomic E-state index is 5.46. The third-order valence-corrected chi connectivity index (χ3v) is 4.83. The van der Waals surface area contributed by atoms with E-state index >= 15 is 0 Å². The summed E-state index contributed by atoms with van der Waals surface area (Å²) in [6.07, 6.45) is 0. The third kappa shape index (κ3) is 10.6. The molecule has 1 aliphatic heterocycles. The van der Waals surface area contributed by atoms with Crippen molar-refractivity contribution in [3.8, 4) is 0 Å². The summed E-state index contributed by atoms with van der Waals surface area (Å²) in [4.78, 5) is 9.50. The molecule has 1 aliphatic rings. The molecule has 2 rings (SSSR count). The topological polar surface area (TPSA) is 61.4 Å². The van der Waals surface area contributed by atoms with E-state index in [9.17, 15) is 0 Å². The van der Waals surface area contributed by atoms with Crippen LogP contribution in [0, 0.1) is 0 Å². The lowest BCUT2D eigenvalue weighted by Gasteiger charge is -2.27. The number of guanidine groups is 1. The van der Waals surface area contributed by atoms with E-state index in [0.29, 0.717) is 6.54 Å². The van der Waals surface area contributed by atoms with E-state index in [-0.39, 0.29) is 24.0 Å². The van der Waals surface area contributed by atoms with E-state index in [1.165, 1.54) is 11.1 Å². The summed E-state index contributed by atoms with van der Waals surface area (Å²) < 4.78 is 10.6. The molecule has 0 bridgehead atoms. The fraction of sp³-hybridized carbons (Fsp3) is 0.667. The quantitative estimate of drug-likeness (QED) is 0.264. The van der Waals surface area contributed by atoms with Gasteiger partial charge >= 0.3 is 0 Å². The first-order valence-corrected chi connectivity index (χ1v) is 10.3. The highest BCUT2D eigenvalue weighted by molar-refractivity contribution is 14.0. The number of halogens is 1. The first kappa shape index (κ1) is 26.1. The van der Waals surface area contributed by atoms with Gasteiger partial charge in [-0.25, -0.2) is 4.99 Å². The van der Waals surface area contributed by atoms with Gasteiger partial charge in [-0.2, -0.15) is 0 Å². The van der Waals surface area contributed by atoms with Crippen LogP contribution >= 0.6 is 24.0 Å². The Bertz CT molecular complexity index is 582. The van der Waals surface area contributed by atoms with E-state index in [0.717, 1.165) is 71.6 Å². The lowest BCUT2D eigenvalue weighted by atomic mass is 10.1. The van der Waals surface area contributed by atoms with E-state index in [2.05, 4.69) is 58.7 Å². The summed E-state index contributed by atoms with van der Waals surface area (Å²) >= 11 is 0. The Kier molecular flexibility index (Phi) is 14.3. The molecule has 1 aromatic rings. The van der Waals surface area contributed by atoms with Crippen molar-refractivity contribution in [2.75, 3.05) is 73.2 Å². The summed E-state index contributed by atoms with van der Waals surface area (Å²) in [5, 5.41) is 6.77. The summed E-state index contributed by atoms with van der Waals surface area (Å²) in [5.74, 6) is 0.865. The van der Waals surface area contributed by atoms with Crippen LogP contribution in [0.15, 0.2) is 29.3 Å². The molecule has 0 amide bonds. The fourth-order valence-electron chi connectivity index (χ4n) is 3.10. The van der Waals surface area contributed by atoms with Crippen LogP contribution in [-0.2, 0) is 22.6 Å². The predicted octanol–water partition coefficient (Wildman–Crippen LogP) is 1.77. The number of aliphatic imine (C=N–C) groups is 1. The largest absolute Gasteiger partial charge is 0.383 e. The molecule has 0 saturated carbocycles. The van der Waals surface area contributed by atoms with Crippen molar-refractivity contribution in [2.24, 2.45) is 4.99 Å². The number of rotatable bonds is 11. The lowest BCUT2D eigenvalue weighted by Crippen LogP contribution is -2.41. The Morgan fingerprint density at radius 1 is 1.17 bits per heavy atom. The number of hydrogen-bond donors (Lipinski definition) is 2. The van der Waals surface area contributed by atoms with Crippen molar-refractivity contribution >= 4 is 29.9 Å². The molecule has 0 unspecified atom stereocenters. The van der Waals surface area contributed by atoms with Gasteiger partial charge in [0.2, 0.25) is 0 Å². The molecule has 2 N–H and O–H groups in total. The summed E-state index contributed by atoms with van der Waals surface area (Å²) in [5.41, 5.74) is 2.63. The number of hydrogen-bond acceptors (Lipinski definition) is 5. The molecule has 0 aliphatic carbocycles. The number of benzene rings is 1. The number of likely N-dealkylation sites (N-methyl/N-ethyl adjacent to an activating group) is 1. The van der Waals surface area contributed by atoms with Crippen LogP contribution in [-0.4, -0.2) is 89.0 Å². The van der Waals surface area contributed by atoms with Gasteiger partial charge in [0.05, 0.1) is 26.4 Å². The van der Waals surface area contributed by atoms with Crippen molar-refractivity contribution in [1.29, 1.82) is 0 Å². The Morgan fingerprint density at radius 2 is 1.90 bits per heavy atom. The van der Waals surface area contributed by atoms with E-state index in [1.54, 1.807) is 7.11 Å².